The average molecular weight is 319 g/mol. The predicted octanol–water partition coefficient (Wildman–Crippen LogP) is 1.26. The van der Waals surface area contributed by atoms with Crippen LogP contribution in [-0.2, 0) is 4.74 Å². The highest BCUT2D eigenvalue weighted by molar-refractivity contribution is 5.74. The van der Waals surface area contributed by atoms with Gasteiger partial charge in [0, 0.05) is 44.6 Å². The molecule has 0 radical (unpaired) electrons. The van der Waals surface area contributed by atoms with E-state index in [0.717, 1.165) is 31.9 Å². The summed E-state index contributed by atoms with van der Waals surface area (Å²) in [7, 11) is 0. The van der Waals surface area contributed by atoms with Crippen LogP contribution in [0.3, 0.4) is 0 Å². The first kappa shape index (κ1) is 16.0. The van der Waals surface area contributed by atoms with Crippen LogP contribution in [0.25, 0.3) is 0 Å². The van der Waals surface area contributed by atoms with E-state index >= 15 is 0 Å². The van der Waals surface area contributed by atoms with Gasteiger partial charge in [0.2, 0.25) is 5.95 Å². The molecule has 126 valence electrons. The van der Waals surface area contributed by atoms with Crippen molar-refractivity contribution in [2.75, 3.05) is 31.1 Å². The number of ether oxygens (including phenoxy) is 1. The zero-order valence-electron chi connectivity index (χ0n) is 13.8. The molecule has 2 saturated heterocycles. The number of urea groups is 1. The Bertz CT molecular complexity index is 516. The summed E-state index contributed by atoms with van der Waals surface area (Å²) in [5, 5.41) is 3.16. The van der Waals surface area contributed by atoms with Gasteiger partial charge in [0.05, 0.1) is 12.2 Å². The van der Waals surface area contributed by atoms with Gasteiger partial charge in [0.1, 0.15) is 0 Å². The van der Waals surface area contributed by atoms with Crippen LogP contribution in [-0.4, -0.2) is 65.3 Å². The zero-order valence-corrected chi connectivity index (χ0v) is 13.8. The van der Waals surface area contributed by atoms with Gasteiger partial charge in [-0.3, -0.25) is 0 Å². The molecule has 7 heteroatoms. The van der Waals surface area contributed by atoms with Crippen molar-refractivity contribution in [2.24, 2.45) is 0 Å². The van der Waals surface area contributed by atoms with Crippen molar-refractivity contribution in [2.45, 2.75) is 44.9 Å². The van der Waals surface area contributed by atoms with Gasteiger partial charge < -0.3 is 19.9 Å². The van der Waals surface area contributed by atoms with Crippen molar-refractivity contribution in [3.05, 3.63) is 18.5 Å². The highest BCUT2D eigenvalue weighted by Crippen LogP contribution is 2.16. The van der Waals surface area contributed by atoms with Gasteiger partial charge in [0.15, 0.2) is 0 Å². The van der Waals surface area contributed by atoms with E-state index in [1.54, 1.807) is 12.4 Å². The Hall–Kier alpha value is -1.89. The van der Waals surface area contributed by atoms with Gasteiger partial charge in [-0.05, 0) is 32.8 Å². The van der Waals surface area contributed by atoms with Gasteiger partial charge in [-0.15, -0.1) is 0 Å². The molecule has 7 nitrogen and oxygen atoms in total. The second-order valence-corrected chi connectivity index (χ2v) is 6.45. The second-order valence-electron chi connectivity index (χ2n) is 6.45. The van der Waals surface area contributed by atoms with E-state index in [4.69, 9.17) is 4.74 Å². The Balaban J connectivity index is 1.56. The first-order valence-corrected chi connectivity index (χ1v) is 8.34. The number of rotatable bonds is 2. The molecule has 3 heterocycles. The van der Waals surface area contributed by atoms with Crippen molar-refractivity contribution < 1.29 is 9.53 Å². The van der Waals surface area contributed by atoms with E-state index in [9.17, 15) is 4.79 Å². The highest BCUT2D eigenvalue weighted by atomic mass is 16.5. The summed E-state index contributed by atoms with van der Waals surface area (Å²) in [6.45, 7) is 6.99. The molecule has 3 atom stereocenters. The fourth-order valence-corrected chi connectivity index (χ4v) is 3.34. The summed E-state index contributed by atoms with van der Waals surface area (Å²) < 4.78 is 5.68. The van der Waals surface area contributed by atoms with E-state index in [0.29, 0.717) is 13.1 Å². The number of morpholine rings is 1. The largest absolute Gasteiger partial charge is 0.372 e. The number of piperidine rings is 1. The summed E-state index contributed by atoms with van der Waals surface area (Å²) in [5.74, 6) is 0.736. The predicted molar refractivity (Wildman–Crippen MR) is 87.4 cm³/mol. The molecular weight excluding hydrogens is 294 g/mol. The van der Waals surface area contributed by atoms with E-state index in [1.807, 2.05) is 24.8 Å². The quantitative estimate of drug-likeness (QED) is 0.889. The number of carbonyl (C=O) groups excluding carboxylic acids is 1. The summed E-state index contributed by atoms with van der Waals surface area (Å²) >= 11 is 0. The highest BCUT2D eigenvalue weighted by Gasteiger charge is 2.29. The number of nitrogens with one attached hydrogen (secondary N) is 1. The summed E-state index contributed by atoms with van der Waals surface area (Å²) in [6, 6.07) is 1.95. The van der Waals surface area contributed by atoms with Crippen LogP contribution in [0, 0.1) is 0 Å². The molecular formula is C16H25N5O2. The minimum atomic E-state index is 0.00725. The molecule has 23 heavy (non-hydrogen) atoms. The van der Waals surface area contributed by atoms with Crippen LogP contribution in [0.15, 0.2) is 18.5 Å². The third kappa shape index (κ3) is 4.10. The van der Waals surface area contributed by atoms with Crippen LogP contribution in [0.5, 0.6) is 0 Å². The zero-order chi connectivity index (χ0) is 16.2. The molecule has 0 spiro atoms. The van der Waals surface area contributed by atoms with Crippen LogP contribution in [0.1, 0.15) is 26.7 Å². The molecule has 2 fully saturated rings. The molecule has 0 saturated carbocycles. The molecule has 1 N–H and O–H groups in total. The molecule has 0 unspecified atom stereocenters. The minimum Gasteiger partial charge on any atom is -0.372 e. The first-order chi connectivity index (χ1) is 11.1. The number of anilines is 1. The minimum absolute atomic E-state index is 0.00725. The van der Waals surface area contributed by atoms with E-state index in [1.165, 1.54) is 0 Å². The summed E-state index contributed by atoms with van der Waals surface area (Å²) in [4.78, 5) is 25.1. The molecule has 0 aliphatic carbocycles. The molecule has 1 aromatic heterocycles. The van der Waals surface area contributed by atoms with Crippen LogP contribution in [0.4, 0.5) is 10.7 Å². The van der Waals surface area contributed by atoms with Crippen molar-refractivity contribution in [1.82, 2.24) is 20.2 Å². The maximum absolute atomic E-state index is 12.5. The summed E-state index contributed by atoms with van der Waals surface area (Å²) in [6.07, 6.45) is 5.70. The Morgan fingerprint density at radius 1 is 1.22 bits per heavy atom. The monoisotopic (exact) mass is 319 g/mol. The third-order valence-electron chi connectivity index (χ3n) is 4.29. The lowest BCUT2D eigenvalue weighted by atomic mass is 10.1. The molecule has 2 amide bonds. The molecule has 1 aromatic rings. The Morgan fingerprint density at radius 2 is 1.91 bits per heavy atom. The van der Waals surface area contributed by atoms with Crippen molar-refractivity contribution in [1.29, 1.82) is 0 Å². The molecule has 2 aliphatic heterocycles. The fraction of sp³-hybridized carbons (Fsp3) is 0.688. The third-order valence-corrected chi connectivity index (χ3v) is 4.29. The number of amides is 2. The number of hydrogen-bond acceptors (Lipinski definition) is 5. The molecule has 2 aliphatic rings. The smallest absolute Gasteiger partial charge is 0.317 e. The topological polar surface area (TPSA) is 70.6 Å². The first-order valence-electron chi connectivity index (χ1n) is 8.34. The SMILES string of the molecule is C[C@@H]1CN(C(=O)N[C@H]2CCCN(c3ncccn3)C2)C[C@@H](C)O1. The standard InChI is InChI=1S/C16H25N5O2/c1-12-9-21(10-13(2)23-12)16(22)19-14-5-3-8-20(11-14)15-17-6-4-7-18-15/h4,6-7,12-14H,3,5,8-11H2,1-2H3,(H,19,22)/t12-,13-,14+/m1/s1. The van der Waals surface area contributed by atoms with Gasteiger partial charge in [0.25, 0.3) is 0 Å². The maximum atomic E-state index is 12.5. The lowest BCUT2D eigenvalue weighted by molar-refractivity contribution is -0.0548. The van der Waals surface area contributed by atoms with Crippen LogP contribution < -0.4 is 10.2 Å². The maximum Gasteiger partial charge on any atom is 0.317 e. The van der Waals surface area contributed by atoms with E-state index in [-0.39, 0.29) is 24.3 Å². The Kier molecular flexibility index (Phi) is 4.95. The number of hydrogen-bond donors (Lipinski definition) is 1. The molecule has 0 aromatic carbocycles. The van der Waals surface area contributed by atoms with Crippen molar-refractivity contribution in [3.8, 4) is 0 Å². The average Bonchev–Trinajstić information content (AvgIpc) is 2.55. The van der Waals surface area contributed by atoms with Gasteiger partial charge in [-0.2, -0.15) is 0 Å². The second kappa shape index (κ2) is 7.12. The van der Waals surface area contributed by atoms with Crippen LogP contribution >= 0.6 is 0 Å². The number of carbonyl (C=O) groups is 1. The van der Waals surface area contributed by atoms with E-state index in [2.05, 4.69) is 20.2 Å². The number of aromatic nitrogens is 2. The lowest BCUT2D eigenvalue weighted by Gasteiger charge is -2.38. The van der Waals surface area contributed by atoms with Crippen LogP contribution in [0.2, 0.25) is 0 Å². The Morgan fingerprint density at radius 3 is 2.61 bits per heavy atom. The fourth-order valence-electron chi connectivity index (χ4n) is 3.34. The van der Waals surface area contributed by atoms with Gasteiger partial charge >= 0.3 is 6.03 Å². The van der Waals surface area contributed by atoms with E-state index < -0.39 is 0 Å². The van der Waals surface area contributed by atoms with Crippen molar-refractivity contribution >= 4 is 12.0 Å². The normalized spacial score (nSPS) is 28.5. The molecule has 3 rings (SSSR count). The summed E-state index contributed by atoms with van der Waals surface area (Å²) in [5.41, 5.74) is 0. The van der Waals surface area contributed by atoms with Gasteiger partial charge in [-0.25, -0.2) is 14.8 Å². The van der Waals surface area contributed by atoms with Gasteiger partial charge in [-0.1, -0.05) is 0 Å². The molecule has 0 bridgehead atoms. The lowest BCUT2D eigenvalue weighted by Crippen LogP contribution is -2.56. The van der Waals surface area contributed by atoms with Crippen molar-refractivity contribution in [3.63, 3.8) is 0 Å². The Labute approximate surface area is 137 Å². The number of nitrogens with zero attached hydrogens (tertiary/aromatic N) is 4.